The van der Waals surface area contributed by atoms with E-state index in [4.69, 9.17) is 0 Å². The number of aromatic nitrogens is 2. The molecule has 0 aliphatic heterocycles. The molecule has 2 aromatic carbocycles. The Morgan fingerprint density at radius 2 is 1.70 bits per heavy atom. The van der Waals surface area contributed by atoms with Gasteiger partial charge in [0.25, 0.3) is 5.56 Å². The van der Waals surface area contributed by atoms with Crippen LogP contribution in [0.3, 0.4) is 0 Å². The van der Waals surface area contributed by atoms with Gasteiger partial charge in [0.05, 0.1) is 17.4 Å². The lowest BCUT2D eigenvalue weighted by Gasteiger charge is -2.13. The molecule has 0 fully saturated rings. The number of aliphatic imine (C=N–C) groups is 1. The summed E-state index contributed by atoms with van der Waals surface area (Å²) in [6.07, 6.45) is 0. The van der Waals surface area contributed by atoms with Crippen LogP contribution in [0, 0.1) is 6.92 Å². The molecule has 1 atom stereocenters. The number of nitrogens with zero attached hydrogens (tertiary/aromatic N) is 2. The average Bonchev–Trinajstić information content (AvgIpc) is 2.63. The van der Waals surface area contributed by atoms with Crippen LogP contribution < -0.4 is 11.2 Å². The van der Waals surface area contributed by atoms with Gasteiger partial charge in [0.15, 0.2) is 0 Å². The van der Waals surface area contributed by atoms with Gasteiger partial charge in [0.1, 0.15) is 5.56 Å². The minimum Gasteiger partial charge on any atom is -0.493 e. The van der Waals surface area contributed by atoms with E-state index in [2.05, 4.69) is 9.98 Å². The number of hydrogen-bond donors (Lipinski definition) is 2. The van der Waals surface area contributed by atoms with Crippen molar-refractivity contribution in [1.29, 1.82) is 0 Å². The molecule has 0 aliphatic carbocycles. The first-order valence-corrected chi connectivity index (χ1v) is 8.63. The van der Waals surface area contributed by atoms with E-state index in [1.165, 1.54) is 0 Å². The van der Waals surface area contributed by atoms with Crippen molar-refractivity contribution in [3.63, 3.8) is 0 Å². The fraction of sp³-hybridized carbons (Fsp3) is 0.190. The van der Waals surface area contributed by atoms with E-state index < -0.39 is 17.1 Å². The molecule has 138 valence electrons. The van der Waals surface area contributed by atoms with Gasteiger partial charge in [-0.2, -0.15) is 0 Å². The molecule has 0 unspecified atom stereocenters. The van der Waals surface area contributed by atoms with Crippen molar-refractivity contribution in [2.45, 2.75) is 26.8 Å². The summed E-state index contributed by atoms with van der Waals surface area (Å²) >= 11 is 0. The Labute approximate surface area is 156 Å². The lowest BCUT2D eigenvalue weighted by Crippen LogP contribution is -2.32. The minimum absolute atomic E-state index is 0.0158. The van der Waals surface area contributed by atoms with Crippen molar-refractivity contribution >= 4 is 5.71 Å². The van der Waals surface area contributed by atoms with Crippen LogP contribution in [0.5, 0.6) is 5.88 Å². The van der Waals surface area contributed by atoms with E-state index in [1.54, 1.807) is 19.1 Å². The van der Waals surface area contributed by atoms with Gasteiger partial charge in [0.2, 0.25) is 5.88 Å². The van der Waals surface area contributed by atoms with Crippen LogP contribution in [0.4, 0.5) is 0 Å². The smallest absolute Gasteiger partial charge is 0.335 e. The maximum atomic E-state index is 12.3. The number of aromatic amines is 1. The second-order valence-corrected chi connectivity index (χ2v) is 6.43. The largest absolute Gasteiger partial charge is 0.493 e. The summed E-state index contributed by atoms with van der Waals surface area (Å²) in [6.45, 7) is 5.47. The average molecular weight is 363 g/mol. The lowest BCUT2D eigenvalue weighted by atomic mass is 10.1. The number of rotatable bonds is 4. The van der Waals surface area contributed by atoms with Crippen molar-refractivity contribution in [2.24, 2.45) is 4.99 Å². The molecule has 0 amide bonds. The summed E-state index contributed by atoms with van der Waals surface area (Å²) in [6, 6.07) is 16.5. The first-order valence-electron chi connectivity index (χ1n) is 8.63. The molecule has 0 radical (unpaired) electrons. The second kappa shape index (κ2) is 7.45. The molecule has 2 N–H and O–H groups in total. The number of hydrogen-bond acceptors (Lipinski definition) is 4. The number of H-pyrrole nitrogens is 1. The van der Waals surface area contributed by atoms with Crippen molar-refractivity contribution < 1.29 is 5.11 Å². The van der Waals surface area contributed by atoms with Gasteiger partial charge in [-0.25, -0.2) is 9.36 Å². The highest BCUT2D eigenvalue weighted by atomic mass is 16.3. The van der Waals surface area contributed by atoms with E-state index in [0.717, 1.165) is 15.7 Å². The van der Waals surface area contributed by atoms with Crippen molar-refractivity contribution in [2.75, 3.05) is 0 Å². The molecule has 0 aliphatic rings. The van der Waals surface area contributed by atoms with Crippen molar-refractivity contribution in [1.82, 2.24) is 9.55 Å². The Balaban J connectivity index is 2.12. The molecule has 0 spiro atoms. The third-order valence-electron chi connectivity index (χ3n) is 4.41. The summed E-state index contributed by atoms with van der Waals surface area (Å²) in [4.78, 5) is 31.4. The fourth-order valence-electron chi connectivity index (χ4n) is 2.95. The molecule has 3 rings (SSSR count). The van der Waals surface area contributed by atoms with E-state index in [1.807, 2.05) is 56.3 Å². The highest BCUT2D eigenvalue weighted by molar-refractivity contribution is 6.00. The molecule has 0 saturated carbocycles. The number of nitrogens with one attached hydrogen (secondary N) is 1. The Kier molecular flexibility index (Phi) is 5.07. The standard InChI is InChI=1S/C21H21N3O3/c1-13-9-11-17(12-10-13)24-20(26)18(19(25)23-21(24)27)15(3)22-14(2)16-7-5-4-6-8-16/h4-12,14,26H,1-3H3,(H,23,25,27)/t14-/m1/s1. The molecule has 1 aromatic heterocycles. The normalized spacial score (nSPS) is 12.8. The quantitative estimate of drug-likeness (QED) is 0.698. The first kappa shape index (κ1) is 18.4. The summed E-state index contributed by atoms with van der Waals surface area (Å²) in [5, 5.41) is 10.7. The van der Waals surface area contributed by atoms with Crippen LogP contribution in [0.25, 0.3) is 5.69 Å². The molecular weight excluding hydrogens is 342 g/mol. The Morgan fingerprint density at radius 3 is 2.33 bits per heavy atom. The van der Waals surface area contributed by atoms with Crippen molar-refractivity contribution in [3.05, 3.63) is 92.1 Å². The summed E-state index contributed by atoms with van der Waals surface area (Å²) < 4.78 is 1.07. The van der Waals surface area contributed by atoms with Gasteiger partial charge in [-0.1, -0.05) is 48.0 Å². The highest BCUT2D eigenvalue weighted by Crippen LogP contribution is 2.21. The van der Waals surface area contributed by atoms with E-state index >= 15 is 0 Å². The summed E-state index contributed by atoms with van der Waals surface area (Å²) in [5.74, 6) is -0.422. The van der Waals surface area contributed by atoms with Crippen LogP contribution in [0.1, 0.15) is 36.6 Å². The topological polar surface area (TPSA) is 87.4 Å². The maximum Gasteiger partial charge on any atom is 0.335 e. The molecule has 6 heteroatoms. The van der Waals surface area contributed by atoms with Crippen LogP contribution in [0.2, 0.25) is 0 Å². The molecular formula is C21H21N3O3. The SMILES string of the molecule is CC(=N[C@H](C)c1ccccc1)c1c(O)n(-c2ccc(C)cc2)c(=O)[nH]c1=O. The zero-order valence-electron chi connectivity index (χ0n) is 15.4. The van der Waals surface area contributed by atoms with Gasteiger partial charge < -0.3 is 5.11 Å². The molecule has 1 heterocycles. The van der Waals surface area contributed by atoms with Gasteiger partial charge in [-0.3, -0.25) is 14.8 Å². The van der Waals surface area contributed by atoms with Gasteiger partial charge >= 0.3 is 5.69 Å². The predicted octanol–water partition coefficient (Wildman–Crippen LogP) is 3.11. The molecule has 3 aromatic rings. The Hall–Kier alpha value is -3.41. The lowest BCUT2D eigenvalue weighted by molar-refractivity contribution is 0.429. The van der Waals surface area contributed by atoms with Gasteiger partial charge in [-0.15, -0.1) is 0 Å². The number of aromatic hydroxyl groups is 1. The minimum atomic E-state index is -0.700. The zero-order valence-corrected chi connectivity index (χ0v) is 15.4. The van der Waals surface area contributed by atoms with Crippen molar-refractivity contribution in [3.8, 4) is 11.6 Å². The zero-order chi connectivity index (χ0) is 19.6. The Bertz CT molecular complexity index is 1090. The van der Waals surface area contributed by atoms with Gasteiger partial charge in [-0.05, 0) is 38.5 Å². The molecule has 0 saturated heterocycles. The third kappa shape index (κ3) is 3.74. The Morgan fingerprint density at radius 1 is 1.07 bits per heavy atom. The van der Waals surface area contributed by atoms with E-state index in [-0.39, 0.29) is 11.6 Å². The number of aryl methyl sites for hydroxylation is 1. The summed E-state index contributed by atoms with van der Waals surface area (Å²) in [7, 11) is 0. The molecule has 27 heavy (non-hydrogen) atoms. The highest BCUT2D eigenvalue weighted by Gasteiger charge is 2.18. The van der Waals surface area contributed by atoms with Crippen LogP contribution in [-0.4, -0.2) is 20.4 Å². The fourth-order valence-corrected chi connectivity index (χ4v) is 2.95. The van der Waals surface area contributed by atoms with Crippen LogP contribution in [0.15, 0.2) is 69.2 Å². The van der Waals surface area contributed by atoms with E-state index in [0.29, 0.717) is 11.4 Å². The monoisotopic (exact) mass is 363 g/mol. The molecule has 0 bridgehead atoms. The van der Waals surface area contributed by atoms with E-state index in [9.17, 15) is 14.7 Å². The maximum absolute atomic E-state index is 12.3. The second-order valence-electron chi connectivity index (χ2n) is 6.43. The van der Waals surface area contributed by atoms with Gasteiger partial charge in [0, 0.05) is 0 Å². The third-order valence-corrected chi connectivity index (χ3v) is 4.41. The van der Waals surface area contributed by atoms with Crippen LogP contribution >= 0.6 is 0 Å². The van der Waals surface area contributed by atoms with Crippen LogP contribution in [-0.2, 0) is 0 Å². The molecule has 6 nitrogen and oxygen atoms in total. The summed E-state index contributed by atoms with van der Waals surface area (Å²) in [5.41, 5.74) is 1.44. The number of benzene rings is 2. The predicted molar refractivity (Wildman–Crippen MR) is 106 cm³/mol. The first-order chi connectivity index (χ1) is 12.9.